The average Bonchev–Trinajstić information content (AvgIpc) is 2.32. The molecule has 4 nitrogen and oxygen atoms in total. The minimum atomic E-state index is 0.663. The molecule has 0 amide bonds. The lowest BCUT2D eigenvalue weighted by Crippen LogP contribution is -2.05. The van der Waals surface area contributed by atoms with Crippen LogP contribution in [0.15, 0.2) is 30.5 Å². The van der Waals surface area contributed by atoms with E-state index in [0.29, 0.717) is 12.2 Å². The molecule has 0 aliphatic carbocycles. The van der Waals surface area contributed by atoms with Crippen molar-refractivity contribution in [3.8, 4) is 0 Å². The summed E-state index contributed by atoms with van der Waals surface area (Å²) in [6, 6.07) is 7.79. The van der Waals surface area contributed by atoms with Crippen molar-refractivity contribution in [3.05, 3.63) is 47.4 Å². The first-order valence-corrected chi connectivity index (χ1v) is 5.53. The molecule has 0 spiro atoms. The molecule has 2 aromatic rings. The van der Waals surface area contributed by atoms with Gasteiger partial charge in [-0.3, -0.25) is 4.98 Å². The van der Waals surface area contributed by atoms with Crippen LogP contribution in [0.3, 0.4) is 0 Å². The Bertz CT molecular complexity index is 505. The molecule has 0 atom stereocenters. The van der Waals surface area contributed by atoms with E-state index in [2.05, 4.69) is 15.3 Å². The molecule has 17 heavy (non-hydrogen) atoms. The average molecular weight is 228 g/mol. The summed E-state index contributed by atoms with van der Waals surface area (Å²) in [6.45, 7) is 4.59. The zero-order valence-electron chi connectivity index (χ0n) is 10.1. The molecule has 0 unspecified atom stereocenters. The normalized spacial score (nSPS) is 10.2. The third-order valence-electron chi connectivity index (χ3n) is 2.50. The van der Waals surface area contributed by atoms with E-state index in [1.807, 2.05) is 44.3 Å². The molecule has 3 N–H and O–H groups in total. The predicted octanol–water partition coefficient (Wildman–Crippen LogP) is 2.29. The Labute approximate surface area is 101 Å². The summed E-state index contributed by atoms with van der Waals surface area (Å²) in [5.74, 6) is 0.727. The van der Waals surface area contributed by atoms with Crippen LogP contribution in [0.4, 0.5) is 11.5 Å². The first-order chi connectivity index (χ1) is 8.15. The van der Waals surface area contributed by atoms with Crippen LogP contribution in [0.1, 0.15) is 17.0 Å². The molecule has 0 saturated heterocycles. The highest BCUT2D eigenvalue weighted by atomic mass is 15.0. The van der Waals surface area contributed by atoms with Crippen molar-refractivity contribution in [2.75, 3.05) is 11.1 Å². The maximum Gasteiger partial charge on any atom is 0.149 e. The van der Waals surface area contributed by atoms with Gasteiger partial charge >= 0.3 is 0 Å². The molecular weight excluding hydrogens is 212 g/mol. The minimum Gasteiger partial charge on any atom is -0.396 e. The second-order valence-electron chi connectivity index (χ2n) is 4.05. The molecule has 0 saturated carbocycles. The quantitative estimate of drug-likeness (QED) is 0.846. The van der Waals surface area contributed by atoms with Gasteiger partial charge in [0.1, 0.15) is 5.82 Å². The molecule has 0 aromatic carbocycles. The van der Waals surface area contributed by atoms with E-state index in [0.717, 1.165) is 22.8 Å². The summed E-state index contributed by atoms with van der Waals surface area (Å²) in [4.78, 5) is 8.59. The Morgan fingerprint density at radius 3 is 2.59 bits per heavy atom. The van der Waals surface area contributed by atoms with Crippen LogP contribution >= 0.6 is 0 Å². The fourth-order valence-electron chi connectivity index (χ4n) is 1.50. The van der Waals surface area contributed by atoms with Gasteiger partial charge in [-0.2, -0.15) is 0 Å². The topological polar surface area (TPSA) is 63.8 Å². The van der Waals surface area contributed by atoms with Gasteiger partial charge in [-0.1, -0.05) is 6.07 Å². The molecule has 0 fully saturated rings. The van der Waals surface area contributed by atoms with Gasteiger partial charge in [-0.05, 0) is 37.6 Å². The van der Waals surface area contributed by atoms with Crippen molar-refractivity contribution in [1.29, 1.82) is 0 Å². The molecule has 0 aliphatic heterocycles. The molecule has 2 heterocycles. The largest absolute Gasteiger partial charge is 0.396 e. The number of rotatable bonds is 3. The van der Waals surface area contributed by atoms with E-state index in [4.69, 9.17) is 5.73 Å². The Hall–Kier alpha value is -2.10. The number of aryl methyl sites for hydroxylation is 2. The summed E-state index contributed by atoms with van der Waals surface area (Å²) in [5, 5.41) is 3.21. The van der Waals surface area contributed by atoms with Crippen LogP contribution in [-0.2, 0) is 6.54 Å². The van der Waals surface area contributed by atoms with Crippen LogP contribution in [0.25, 0.3) is 0 Å². The van der Waals surface area contributed by atoms with Gasteiger partial charge in [0, 0.05) is 24.1 Å². The maximum atomic E-state index is 5.84. The third kappa shape index (κ3) is 2.93. The minimum absolute atomic E-state index is 0.663. The van der Waals surface area contributed by atoms with Gasteiger partial charge in [0.25, 0.3) is 0 Å². The molecule has 2 aromatic heterocycles. The molecule has 0 radical (unpaired) electrons. The SMILES string of the molecule is Cc1ccc(CNc2nc(C)ccc2N)cn1. The van der Waals surface area contributed by atoms with E-state index < -0.39 is 0 Å². The Morgan fingerprint density at radius 2 is 1.88 bits per heavy atom. The zero-order valence-corrected chi connectivity index (χ0v) is 10.1. The monoisotopic (exact) mass is 228 g/mol. The van der Waals surface area contributed by atoms with Gasteiger partial charge in [0.05, 0.1) is 5.69 Å². The van der Waals surface area contributed by atoms with Crippen molar-refractivity contribution in [1.82, 2.24) is 9.97 Å². The van der Waals surface area contributed by atoms with Crippen LogP contribution in [0.5, 0.6) is 0 Å². The Morgan fingerprint density at radius 1 is 1.12 bits per heavy atom. The van der Waals surface area contributed by atoms with Crippen LogP contribution in [-0.4, -0.2) is 9.97 Å². The number of nitrogens with zero attached hydrogens (tertiary/aromatic N) is 2. The summed E-state index contributed by atoms with van der Waals surface area (Å²) in [6.07, 6.45) is 1.86. The van der Waals surface area contributed by atoms with E-state index in [1.165, 1.54) is 0 Å². The summed E-state index contributed by atoms with van der Waals surface area (Å²) in [5.41, 5.74) is 9.57. The van der Waals surface area contributed by atoms with E-state index in [9.17, 15) is 0 Å². The van der Waals surface area contributed by atoms with E-state index >= 15 is 0 Å². The summed E-state index contributed by atoms with van der Waals surface area (Å²) in [7, 11) is 0. The zero-order chi connectivity index (χ0) is 12.3. The first kappa shape index (κ1) is 11.4. The van der Waals surface area contributed by atoms with Gasteiger partial charge in [0.2, 0.25) is 0 Å². The number of nitrogen functional groups attached to an aromatic ring is 1. The fourth-order valence-corrected chi connectivity index (χ4v) is 1.50. The first-order valence-electron chi connectivity index (χ1n) is 5.53. The van der Waals surface area contributed by atoms with Crippen LogP contribution < -0.4 is 11.1 Å². The number of pyridine rings is 2. The van der Waals surface area contributed by atoms with E-state index in [-0.39, 0.29) is 0 Å². The molecular formula is C13H16N4. The van der Waals surface area contributed by atoms with Crippen molar-refractivity contribution >= 4 is 11.5 Å². The van der Waals surface area contributed by atoms with Gasteiger partial charge in [-0.15, -0.1) is 0 Å². The van der Waals surface area contributed by atoms with Crippen molar-refractivity contribution in [3.63, 3.8) is 0 Å². The smallest absolute Gasteiger partial charge is 0.149 e. The highest BCUT2D eigenvalue weighted by Gasteiger charge is 2.01. The van der Waals surface area contributed by atoms with Gasteiger partial charge in [0.15, 0.2) is 0 Å². The highest BCUT2D eigenvalue weighted by molar-refractivity contribution is 5.61. The molecule has 0 aliphatic rings. The number of anilines is 2. The van der Waals surface area contributed by atoms with E-state index in [1.54, 1.807) is 0 Å². The summed E-state index contributed by atoms with van der Waals surface area (Å²) >= 11 is 0. The lowest BCUT2D eigenvalue weighted by atomic mass is 10.2. The Kier molecular flexibility index (Phi) is 3.23. The molecule has 88 valence electrons. The maximum absolute atomic E-state index is 5.84. The lowest BCUT2D eigenvalue weighted by Gasteiger charge is -2.09. The highest BCUT2D eigenvalue weighted by Crippen LogP contribution is 2.16. The number of hydrogen-bond donors (Lipinski definition) is 2. The Balaban J connectivity index is 2.07. The number of nitrogens with two attached hydrogens (primary N) is 1. The number of hydrogen-bond acceptors (Lipinski definition) is 4. The summed E-state index contributed by atoms with van der Waals surface area (Å²) < 4.78 is 0. The van der Waals surface area contributed by atoms with Crippen molar-refractivity contribution < 1.29 is 0 Å². The molecule has 2 rings (SSSR count). The van der Waals surface area contributed by atoms with Crippen molar-refractivity contribution in [2.45, 2.75) is 20.4 Å². The lowest BCUT2D eigenvalue weighted by molar-refractivity contribution is 1.06. The second-order valence-corrected chi connectivity index (χ2v) is 4.05. The molecule has 0 bridgehead atoms. The number of nitrogens with one attached hydrogen (secondary N) is 1. The number of aromatic nitrogens is 2. The van der Waals surface area contributed by atoms with Crippen LogP contribution in [0, 0.1) is 13.8 Å². The second kappa shape index (κ2) is 4.82. The fraction of sp³-hybridized carbons (Fsp3) is 0.231. The van der Waals surface area contributed by atoms with Crippen molar-refractivity contribution in [2.24, 2.45) is 0 Å². The van der Waals surface area contributed by atoms with Gasteiger partial charge in [-0.25, -0.2) is 4.98 Å². The molecule has 4 heteroatoms. The predicted molar refractivity (Wildman–Crippen MR) is 69.7 cm³/mol. The third-order valence-corrected chi connectivity index (χ3v) is 2.50. The van der Waals surface area contributed by atoms with Gasteiger partial charge < -0.3 is 11.1 Å². The standard InChI is InChI=1S/C13H16N4/c1-9-3-5-11(7-15-9)8-16-13-12(14)6-4-10(2)17-13/h3-7H,8,14H2,1-2H3,(H,16,17). The van der Waals surface area contributed by atoms with Crippen LogP contribution in [0.2, 0.25) is 0 Å².